The van der Waals surface area contributed by atoms with Crippen LogP contribution in [-0.2, 0) is 5.41 Å². The van der Waals surface area contributed by atoms with Gasteiger partial charge in [0.15, 0.2) is 22.4 Å². The summed E-state index contributed by atoms with van der Waals surface area (Å²) in [7, 11) is 0. The molecular weight excluding hydrogens is 561 g/mol. The van der Waals surface area contributed by atoms with E-state index in [0.29, 0.717) is 26.5 Å². The highest BCUT2D eigenvalue weighted by molar-refractivity contribution is 7.13. The Bertz CT molecular complexity index is 1490. The summed E-state index contributed by atoms with van der Waals surface area (Å²) in [5.41, 5.74) is 1.31. The third kappa shape index (κ3) is 7.02. The van der Waals surface area contributed by atoms with Crippen molar-refractivity contribution in [3.63, 3.8) is 0 Å². The number of carbonyl (C=O) groups is 2. The number of rotatable bonds is 9. The topological polar surface area (TPSA) is 148 Å². The molecule has 0 radical (unpaired) electrons. The normalized spacial score (nSPS) is 12.1. The summed E-state index contributed by atoms with van der Waals surface area (Å²) in [6.07, 6.45) is 5.96. The molecule has 0 bridgehead atoms. The zero-order valence-corrected chi connectivity index (χ0v) is 23.8. The summed E-state index contributed by atoms with van der Waals surface area (Å²) in [6.45, 7) is 7.79. The van der Waals surface area contributed by atoms with Crippen LogP contribution in [0.2, 0.25) is 10.2 Å². The van der Waals surface area contributed by atoms with E-state index in [-0.39, 0.29) is 34.3 Å². The van der Waals surface area contributed by atoms with Crippen LogP contribution in [0.1, 0.15) is 64.5 Å². The number of thiazole rings is 1. The molecule has 4 aromatic rings. The van der Waals surface area contributed by atoms with Gasteiger partial charge in [-0.05, 0) is 30.5 Å². The third-order valence-electron chi connectivity index (χ3n) is 5.45. The summed E-state index contributed by atoms with van der Waals surface area (Å²) < 4.78 is 0. The maximum atomic E-state index is 12.9. The van der Waals surface area contributed by atoms with Crippen molar-refractivity contribution in [1.29, 1.82) is 0 Å². The molecule has 0 saturated heterocycles. The Morgan fingerprint density at radius 2 is 1.82 bits per heavy atom. The van der Waals surface area contributed by atoms with Crippen molar-refractivity contribution >= 4 is 63.6 Å². The SMILES string of the molecule is CC(NC(=O)c1ncnc(Nc2ccncc2)c1Cl)c1ncc(C(=O)CNc2cc(C(C)(C)C)c(Cl)nn2)s1. The van der Waals surface area contributed by atoms with E-state index < -0.39 is 11.9 Å². The molecule has 0 aliphatic carbocycles. The highest BCUT2D eigenvalue weighted by atomic mass is 35.5. The number of nitrogens with zero attached hydrogens (tertiary/aromatic N) is 6. The lowest BCUT2D eigenvalue weighted by molar-refractivity contribution is 0.0934. The lowest BCUT2D eigenvalue weighted by Gasteiger charge is -2.20. The molecule has 1 amide bonds. The van der Waals surface area contributed by atoms with E-state index >= 15 is 0 Å². The molecule has 4 heterocycles. The summed E-state index contributed by atoms with van der Waals surface area (Å²) in [5.74, 6) is 0.0401. The largest absolute Gasteiger partial charge is 0.361 e. The second-order valence-corrected chi connectivity index (χ2v) is 11.3. The molecule has 1 atom stereocenters. The van der Waals surface area contributed by atoms with Crippen LogP contribution in [0.5, 0.6) is 0 Å². The van der Waals surface area contributed by atoms with Gasteiger partial charge in [-0.25, -0.2) is 15.0 Å². The van der Waals surface area contributed by atoms with Crippen molar-refractivity contribution in [1.82, 2.24) is 35.5 Å². The molecule has 202 valence electrons. The van der Waals surface area contributed by atoms with Gasteiger partial charge in [0, 0.05) is 29.8 Å². The predicted molar refractivity (Wildman–Crippen MR) is 151 cm³/mol. The third-order valence-corrected chi connectivity index (χ3v) is 7.31. The highest BCUT2D eigenvalue weighted by Crippen LogP contribution is 2.29. The molecule has 0 aliphatic rings. The number of anilines is 3. The Morgan fingerprint density at radius 3 is 2.54 bits per heavy atom. The van der Waals surface area contributed by atoms with E-state index in [1.54, 1.807) is 37.5 Å². The fraction of sp³-hybridized carbons (Fsp3) is 0.280. The molecule has 39 heavy (non-hydrogen) atoms. The number of Topliss-reactive ketones (excluding diaryl/α,β-unsaturated/α-hetero) is 1. The van der Waals surface area contributed by atoms with Crippen LogP contribution in [0.3, 0.4) is 0 Å². The quantitative estimate of drug-likeness (QED) is 0.222. The first-order valence-electron chi connectivity index (χ1n) is 11.8. The van der Waals surface area contributed by atoms with Crippen LogP contribution in [-0.4, -0.2) is 48.4 Å². The molecule has 0 spiro atoms. The Balaban J connectivity index is 1.38. The number of hydrogen-bond acceptors (Lipinski definition) is 11. The fourth-order valence-electron chi connectivity index (χ4n) is 3.38. The van der Waals surface area contributed by atoms with Crippen molar-refractivity contribution in [3.05, 3.63) is 74.4 Å². The first-order chi connectivity index (χ1) is 18.5. The summed E-state index contributed by atoms with van der Waals surface area (Å²) in [4.78, 5) is 42.6. The standard InChI is InChI=1S/C25H25Cl2N9O2S/c1-13(33-23(38)20-19(26)22(32-12-31-20)34-14-5-7-28-8-6-14)24-30-11-17(39-24)16(37)10-29-18-9-15(25(2,3)4)21(27)36-35-18/h5-9,11-13H,10H2,1-4H3,(H,29,35)(H,33,38)(H,28,31,32,34). The van der Waals surface area contributed by atoms with Crippen LogP contribution < -0.4 is 16.0 Å². The molecule has 0 aromatic carbocycles. The minimum absolute atomic E-state index is 0.00540. The molecular formula is C25H25Cl2N9O2S. The second-order valence-electron chi connectivity index (χ2n) is 9.46. The van der Waals surface area contributed by atoms with Crippen molar-refractivity contribution in [2.75, 3.05) is 17.2 Å². The minimum Gasteiger partial charge on any atom is -0.361 e. The molecule has 14 heteroatoms. The van der Waals surface area contributed by atoms with Crippen LogP contribution in [0.25, 0.3) is 0 Å². The number of pyridine rings is 1. The summed E-state index contributed by atoms with van der Waals surface area (Å²) >= 11 is 13.8. The number of aromatic nitrogens is 6. The maximum Gasteiger partial charge on any atom is 0.272 e. The van der Waals surface area contributed by atoms with E-state index in [4.69, 9.17) is 23.2 Å². The Labute approximate surface area is 238 Å². The number of ketones is 1. The van der Waals surface area contributed by atoms with E-state index in [0.717, 1.165) is 5.56 Å². The van der Waals surface area contributed by atoms with Crippen LogP contribution in [0.15, 0.2) is 43.1 Å². The van der Waals surface area contributed by atoms with Gasteiger partial charge >= 0.3 is 0 Å². The predicted octanol–water partition coefficient (Wildman–Crippen LogP) is 5.25. The fourth-order valence-corrected chi connectivity index (χ4v) is 4.84. The monoisotopic (exact) mass is 585 g/mol. The van der Waals surface area contributed by atoms with Gasteiger partial charge in [-0.1, -0.05) is 44.0 Å². The Morgan fingerprint density at radius 1 is 1.08 bits per heavy atom. The maximum absolute atomic E-state index is 12.9. The molecule has 4 aromatic heterocycles. The van der Waals surface area contributed by atoms with Crippen LogP contribution in [0, 0.1) is 0 Å². The average Bonchev–Trinajstić information content (AvgIpc) is 3.40. The summed E-state index contributed by atoms with van der Waals surface area (Å²) in [6, 6.07) is 4.76. The second kappa shape index (κ2) is 12.0. The molecule has 11 nitrogen and oxygen atoms in total. The number of carbonyl (C=O) groups excluding carboxylic acids is 2. The Hall–Kier alpha value is -3.74. The molecule has 3 N–H and O–H groups in total. The smallest absolute Gasteiger partial charge is 0.272 e. The van der Waals surface area contributed by atoms with Gasteiger partial charge in [0.05, 0.1) is 17.5 Å². The number of halogens is 2. The van der Waals surface area contributed by atoms with Crippen LogP contribution in [0.4, 0.5) is 17.3 Å². The van der Waals surface area contributed by atoms with E-state index in [1.807, 2.05) is 20.8 Å². The van der Waals surface area contributed by atoms with Gasteiger partial charge in [0.2, 0.25) is 0 Å². The zero-order valence-electron chi connectivity index (χ0n) is 21.5. The first kappa shape index (κ1) is 28.3. The summed E-state index contributed by atoms with van der Waals surface area (Å²) in [5, 5.41) is 17.8. The molecule has 0 fully saturated rings. The van der Waals surface area contributed by atoms with E-state index in [9.17, 15) is 9.59 Å². The molecule has 0 saturated carbocycles. The number of amides is 1. The van der Waals surface area contributed by atoms with Crippen molar-refractivity contribution in [2.24, 2.45) is 0 Å². The molecule has 4 rings (SSSR count). The van der Waals surface area contributed by atoms with Gasteiger partial charge in [0.1, 0.15) is 22.2 Å². The van der Waals surface area contributed by atoms with Gasteiger partial charge in [-0.15, -0.1) is 21.5 Å². The molecule has 1 unspecified atom stereocenters. The average molecular weight is 587 g/mol. The minimum atomic E-state index is -0.506. The van der Waals surface area contributed by atoms with Gasteiger partial charge in [-0.2, -0.15) is 0 Å². The molecule has 0 aliphatic heterocycles. The van der Waals surface area contributed by atoms with Crippen molar-refractivity contribution in [3.8, 4) is 0 Å². The van der Waals surface area contributed by atoms with Crippen molar-refractivity contribution in [2.45, 2.75) is 39.2 Å². The lowest BCUT2D eigenvalue weighted by Crippen LogP contribution is -2.28. The van der Waals surface area contributed by atoms with Crippen LogP contribution >= 0.6 is 34.5 Å². The van der Waals surface area contributed by atoms with E-state index in [2.05, 4.69) is 46.1 Å². The van der Waals surface area contributed by atoms with Crippen molar-refractivity contribution < 1.29 is 9.59 Å². The van der Waals surface area contributed by atoms with E-state index in [1.165, 1.54) is 23.9 Å². The zero-order chi connectivity index (χ0) is 28.2. The van der Waals surface area contributed by atoms with Gasteiger partial charge in [-0.3, -0.25) is 14.6 Å². The van der Waals surface area contributed by atoms with Gasteiger partial charge < -0.3 is 16.0 Å². The number of nitrogens with one attached hydrogen (secondary N) is 3. The Kier molecular flexibility index (Phi) is 8.68. The lowest BCUT2D eigenvalue weighted by atomic mass is 9.88. The van der Waals surface area contributed by atoms with Gasteiger partial charge in [0.25, 0.3) is 5.91 Å². The number of hydrogen-bond donors (Lipinski definition) is 3. The first-order valence-corrected chi connectivity index (χ1v) is 13.3. The highest BCUT2D eigenvalue weighted by Gasteiger charge is 2.22.